The van der Waals surface area contributed by atoms with Gasteiger partial charge in [0.1, 0.15) is 5.39 Å². The quantitative estimate of drug-likeness (QED) is 0.230. The lowest BCUT2D eigenvalue weighted by molar-refractivity contribution is 1.10. The van der Waals surface area contributed by atoms with Crippen molar-refractivity contribution in [3.8, 4) is 22.6 Å². The van der Waals surface area contributed by atoms with E-state index >= 15 is 0 Å². The first-order chi connectivity index (χ1) is 17.3. The molecule has 0 atom stereocenters. The fraction of sp³-hybridized carbons (Fsp3) is 0. The highest BCUT2D eigenvalue weighted by Crippen LogP contribution is 2.31. The summed E-state index contributed by atoms with van der Waals surface area (Å²) in [6, 6.07) is 35.5. The highest BCUT2D eigenvalue weighted by Gasteiger charge is 2.19. The Morgan fingerprint density at radius 2 is 1.14 bits per heavy atom. The molecule has 3 aromatic heterocycles. The molecule has 4 aromatic carbocycles. The number of pyridine rings is 1. The Morgan fingerprint density at radius 1 is 0.543 bits per heavy atom. The van der Waals surface area contributed by atoms with E-state index in [1.54, 1.807) is 4.40 Å². The van der Waals surface area contributed by atoms with Crippen molar-refractivity contribution in [1.82, 2.24) is 19.4 Å². The molecule has 0 aliphatic heterocycles. The third kappa shape index (κ3) is 2.95. The zero-order chi connectivity index (χ0) is 23.4. The molecular weight excluding hydrogens is 432 g/mol. The van der Waals surface area contributed by atoms with Gasteiger partial charge in [0.05, 0.1) is 11.2 Å². The fourth-order valence-electron chi connectivity index (χ4n) is 4.82. The van der Waals surface area contributed by atoms with E-state index in [4.69, 9.17) is 15.0 Å². The molecule has 0 spiro atoms. The highest BCUT2D eigenvalue weighted by molar-refractivity contribution is 6.12. The number of hydrogen-bond acceptors (Lipinski definition) is 4. The third-order valence-electron chi connectivity index (χ3n) is 6.41. The van der Waals surface area contributed by atoms with Crippen LogP contribution in [0.4, 0.5) is 0 Å². The number of fused-ring (bicyclic) bond motifs is 7. The summed E-state index contributed by atoms with van der Waals surface area (Å²) in [7, 11) is 0. The van der Waals surface area contributed by atoms with Crippen LogP contribution in [0.25, 0.3) is 61.0 Å². The SMILES string of the molecule is O=c1c2c(-c3ccccc3)nc(-c3ccccc3)nc2nc2c3ccccc3c3ccccc3n12. The summed E-state index contributed by atoms with van der Waals surface area (Å²) in [6.45, 7) is 0. The molecule has 0 aliphatic carbocycles. The summed E-state index contributed by atoms with van der Waals surface area (Å²) < 4.78 is 1.71. The molecule has 7 aromatic rings. The molecule has 0 saturated heterocycles. The maximum absolute atomic E-state index is 14.2. The summed E-state index contributed by atoms with van der Waals surface area (Å²) in [6.07, 6.45) is 0. The Labute approximate surface area is 200 Å². The predicted molar refractivity (Wildman–Crippen MR) is 140 cm³/mol. The van der Waals surface area contributed by atoms with Crippen molar-refractivity contribution < 1.29 is 0 Å². The Balaban J connectivity index is 1.73. The van der Waals surface area contributed by atoms with Crippen molar-refractivity contribution in [2.24, 2.45) is 0 Å². The standard InChI is InChI=1S/C30H18N4O/c35-30-25-26(19-11-3-1-4-12-19)31-27(20-13-5-2-6-14-20)32-28(25)33-29-23-17-8-7-15-21(23)22-16-9-10-18-24(22)34(29)30/h1-18H. The van der Waals surface area contributed by atoms with E-state index in [1.165, 1.54) is 0 Å². The lowest BCUT2D eigenvalue weighted by Crippen LogP contribution is -2.19. The topological polar surface area (TPSA) is 60.2 Å². The van der Waals surface area contributed by atoms with Crippen LogP contribution in [0.3, 0.4) is 0 Å². The van der Waals surface area contributed by atoms with E-state index in [9.17, 15) is 4.79 Å². The number of hydrogen-bond donors (Lipinski definition) is 0. The molecule has 0 N–H and O–H groups in total. The van der Waals surface area contributed by atoms with Gasteiger partial charge in [-0.15, -0.1) is 0 Å². The van der Waals surface area contributed by atoms with Gasteiger partial charge in [-0.05, 0) is 11.5 Å². The number of para-hydroxylation sites is 1. The largest absolute Gasteiger partial charge is 0.270 e. The zero-order valence-corrected chi connectivity index (χ0v) is 18.6. The van der Waals surface area contributed by atoms with Gasteiger partial charge in [0.15, 0.2) is 17.1 Å². The Kier molecular flexibility index (Phi) is 4.23. The predicted octanol–water partition coefficient (Wildman–Crippen LogP) is 6.28. The highest BCUT2D eigenvalue weighted by atomic mass is 16.1. The maximum atomic E-state index is 14.2. The number of nitrogens with zero attached hydrogens (tertiary/aromatic N) is 4. The van der Waals surface area contributed by atoms with E-state index in [1.807, 2.05) is 103 Å². The van der Waals surface area contributed by atoms with Gasteiger partial charge in [-0.2, -0.15) is 0 Å². The Morgan fingerprint density at radius 3 is 1.89 bits per heavy atom. The van der Waals surface area contributed by atoms with E-state index in [0.717, 1.165) is 32.8 Å². The van der Waals surface area contributed by atoms with Gasteiger partial charge in [-0.25, -0.2) is 15.0 Å². The van der Waals surface area contributed by atoms with Gasteiger partial charge < -0.3 is 0 Å². The van der Waals surface area contributed by atoms with Crippen LogP contribution in [-0.4, -0.2) is 19.4 Å². The lowest BCUT2D eigenvalue weighted by atomic mass is 10.0. The monoisotopic (exact) mass is 450 g/mol. The van der Waals surface area contributed by atoms with Crippen LogP contribution in [0.15, 0.2) is 114 Å². The van der Waals surface area contributed by atoms with Crippen molar-refractivity contribution in [3.05, 3.63) is 120 Å². The Hall–Kier alpha value is -4.90. The first-order valence-corrected chi connectivity index (χ1v) is 11.4. The minimum atomic E-state index is -0.176. The summed E-state index contributed by atoms with van der Waals surface area (Å²) in [4.78, 5) is 28.9. The van der Waals surface area contributed by atoms with Crippen LogP contribution in [0.5, 0.6) is 0 Å². The van der Waals surface area contributed by atoms with Crippen molar-refractivity contribution >= 4 is 38.4 Å². The lowest BCUT2D eigenvalue weighted by Gasteiger charge is -2.14. The molecule has 0 bridgehead atoms. The van der Waals surface area contributed by atoms with Crippen LogP contribution in [-0.2, 0) is 0 Å². The molecule has 0 amide bonds. The van der Waals surface area contributed by atoms with Crippen LogP contribution in [0.2, 0.25) is 0 Å². The average Bonchev–Trinajstić information content (AvgIpc) is 2.93. The molecule has 35 heavy (non-hydrogen) atoms. The molecule has 0 fully saturated rings. The van der Waals surface area contributed by atoms with Crippen LogP contribution in [0, 0.1) is 0 Å². The van der Waals surface area contributed by atoms with Gasteiger partial charge in [0.25, 0.3) is 5.56 Å². The van der Waals surface area contributed by atoms with E-state index in [0.29, 0.717) is 28.2 Å². The third-order valence-corrected chi connectivity index (χ3v) is 6.41. The van der Waals surface area contributed by atoms with Crippen molar-refractivity contribution in [3.63, 3.8) is 0 Å². The molecular formula is C30H18N4O. The number of benzene rings is 4. The zero-order valence-electron chi connectivity index (χ0n) is 18.6. The smallest absolute Gasteiger partial charge is 0.268 e. The van der Waals surface area contributed by atoms with Gasteiger partial charge >= 0.3 is 0 Å². The van der Waals surface area contributed by atoms with Gasteiger partial charge in [-0.3, -0.25) is 9.20 Å². The minimum Gasteiger partial charge on any atom is -0.268 e. The molecule has 5 heteroatoms. The minimum absolute atomic E-state index is 0.176. The van der Waals surface area contributed by atoms with E-state index < -0.39 is 0 Å². The molecule has 5 nitrogen and oxygen atoms in total. The van der Waals surface area contributed by atoms with Crippen molar-refractivity contribution in [2.75, 3.05) is 0 Å². The van der Waals surface area contributed by atoms with Gasteiger partial charge in [0, 0.05) is 21.9 Å². The van der Waals surface area contributed by atoms with E-state index in [-0.39, 0.29) is 5.56 Å². The molecule has 3 heterocycles. The summed E-state index contributed by atoms with van der Waals surface area (Å²) in [5.41, 5.74) is 3.92. The number of aromatic nitrogens is 4. The van der Waals surface area contributed by atoms with Crippen molar-refractivity contribution in [2.45, 2.75) is 0 Å². The van der Waals surface area contributed by atoms with Crippen LogP contribution < -0.4 is 5.56 Å². The first kappa shape index (κ1) is 19.6. The Bertz CT molecular complexity index is 1960. The molecule has 0 unspecified atom stereocenters. The van der Waals surface area contributed by atoms with Crippen LogP contribution in [0.1, 0.15) is 0 Å². The molecule has 0 radical (unpaired) electrons. The molecule has 0 saturated carbocycles. The van der Waals surface area contributed by atoms with Crippen LogP contribution >= 0.6 is 0 Å². The maximum Gasteiger partial charge on any atom is 0.270 e. The van der Waals surface area contributed by atoms with Crippen molar-refractivity contribution in [1.29, 1.82) is 0 Å². The van der Waals surface area contributed by atoms with Gasteiger partial charge in [0.2, 0.25) is 0 Å². The molecule has 7 rings (SSSR count). The number of rotatable bonds is 2. The second-order valence-corrected chi connectivity index (χ2v) is 8.47. The second-order valence-electron chi connectivity index (χ2n) is 8.47. The fourth-order valence-corrected chi connectivity index (χ4v) is 4.82. The van der Waals surface area contributed by atoms with E-state index in [2.05, 4.69) is 6.07 Å². The van der Waals surface area contributed by atoms with Gasteiger partial charge in [-0.1, -0.05) is 103 Å². The summed E-state index contributed by atoms with van der Waals surface area (Å²) >= 11 is 0. The first-order valence-electron chi connectivity index (χ1n) is 11.4. The average molecular weight is 451 g/mol. The molecule has 164 valence electrons. The normalized spacial score (nSPS) is 11.5. The second kappa shape index (κ2) is 7.57. The summed E-state index contributed by atoms with van der Waals surface area (Å²) in [5, 5.41) is 3.37. The molecule has 0 aliphatic rings. The summed E-state index contributed by atoms with van der Waals surface area (Å²) in [5.74, 6) is 0.540.